The third-order valence-corrected chi connectivity index (χ3v) is 3.45. The normalized spacial score (nSPS) is 16.6. The molecular weight excluding hydrogens is 255 g/mol. The van der Waals surface area contributed by atoms with Crippen LogP contribution in [0.4, 0.5) is 10.1 Å². The predicted octanol–water partition coefficient (Wildman–Crippen LogP) is 2.81. The van der Waals surface area contributed by atoms with Crippen LogP contribution in [0.1, 0.15) is 19.3 Å². The molecule has 1 saturated heterocycles. The van der Waals surface area contributed by atoms with E-state index >= 15 is 0 Å². The lowest BCUT2D eigenvalue weighted by Gasteiger charge is -2.22. The van der Waals surface area contributed by atoms with Gasteiger partial charge in [-0.25, -0.2) is 4.39 Å². The van der Waals surface area contributed by atoms with Crippen LogP contribution >= 0.6 is 11.6 Å². The third kappa shape index (κ3) is 3.68. The molecule has 2 rings (SSSR count). The summed E-state index contributed by atoms with van der Waals surface area (Å²) in [6.07, 6.45) is 2.53. The Kier molecular flexibility index (Phi) is 4.55. The lowest BCUT2D eigenvalue weighted by atomic mass is 9.94. The van der Waals surface area contributed by atoms with E-state index in [2.05, 4.69) is 10.6 Å². The van der Waals surface area contributed by atoms with Crippen LogP contribution in [0.15, 0.2) is 18.2 Å². The summed E-state index contributed by atoms with van der Waals surface area (Å²) >= 11 is 5.85. The highest BCUT2D eigenvalue weighted by molar-refractivity contribution is 6.33. The Bertz CT molecular complexity index is 433. The van der Waals surface area contributed by atoms with E-state index in [0.29, 0.717) is 18.0 Å². The van der Waals surface area contributed by atoms with Crippen molar-refractivity contribution in [3.8, 4) is 0 Å². The van der Waals surface area contributed by atoms with Gasteiger partial charge in [0.1, 0.15) is 5.82 Å². The molecule has 1 aromatic carbocycles. The van der Waals surface area contributed by atoms with Crippen molar-refractivity contribution in [3.05, 3.63) is 29.0 Å². The second-order valence-corrected chi connectivity index (χ2v) is 4.98. The summed E-state index contributed by atoms with van der Waals surface area (Å²) in [5.74, 6) is -0.0442. The summed E-state index contributed by atoms with van der Waals surface area (Å²) in [7, 11) is 0. The van der Waals surface area contributed by atoms with Crippen molar-refractivity contribution in [3.63, 3.8) is 0 Å². The summed E-state index contributed by atoms with van der Waals surface area (Å²) in [5.41, 5.74) is 0.469. The van der Waals surface area contributed by atoms with Crippen LogP contribution in [0.3, 0.4) is 0 Å². The molecule has 0 radical (unpaired) electrons. The largest absolute Gasteiger partial charge is 0.325 e. The number of benzene rings is 1. The molecule has 0 saturated carbocycles. The van der Waals surface area contributed by atoms with Gasteiger partial charge < -0.3 is 10.6 Å². The van der Waals surface area contributed by atoms with Crippen molar-refractivity contribution in [1.82, 2.24) is 5.32 Å². The lowest BCUT2D eigenvalue weighted by molar-refractivity contribution is -0.117. The lowest BCUT2D eigenvalue weighted by Crippen LogP contribution is -2.30. The maximum atomic E-state index is 12.9. The van der Waals surface area contributed by atoms with Crippen LogP contribution in [0.25, 0.3) is 0 Å². The van der Waals surface area contributed by atoms with Gasteiger partial charge >= 0.3 is 0 Å². The van der Waals surface area contributed by atoms with Gasteiger partial charge in [-0.3, -0.25) is 4.79 Å². The first kappa shape index (κ1) is 13.3. The zero-order valence-corrected chi connectivity index (χ0v) is 10.8. The minimum Gasteiger partial charge on any atom is -0.325 e. The number of amides is 1. The summed E-state index contributed by atoms with van der Waals surface area (Å²) in [4.78, 5) is 11.8. The number of rotatable bonds is 3. The van der Waals surface area contributed by atoms with Gasteiger partial charge in [-0.15, -0.1) is 0 Å². The van der Waals surface area contributed by atoms with Gasteiger partial charge in [0.25, 0.3) is 0 Å². The predicted molar refractivity (Wildman–Crippen MR) is 70.3 cm³/mol. The van der Waals surface area contributed by atoms with E-state index in [1.807, 2.05) is 0 Å². The van der Waals surface area contributed by atoms with Crippen molar-refractivity contribution in [2.45, 2.75) is 19.3 Å². The number of carbonyl (C=O) groups excluding carboxylic acids is 1. The van der Waals surface area contributed by atoms with Crippen molar-refractivity contribution < 1.29 is 9.18 Å². The SMILES string of the molecule is O=C(CC1CCNCC1)Nc1ccc(F)cc1Cl. The second kappa shape index (κ2) is 6.16. The monoisotopic (exact) mass is 270 g/mol. The van der Waals surface area contributed by atoms with Crippen LogP contribution in [0.2, 0.25) is 5.02 Å². The van der Waals surface area contributed by atoms with Crippen molar-refractivity contribution in [2.75, 3.05) is 18.4 Å². The molecule has 1 aromatic rings. The second-order valence-electron chi connectivity index (χ2n) is 4.57. The number of hydrogen-bond acceptors (Lipinski definition) is 2. The highest BCUT2D eigenvalue weighted by Crippen LogP contribution is 2.23. The van der Waals surface area contributed by atoms with Crippen molar-refractivity contribution in [2.24, 2.45) is 5.92 Å². The van der Waals surface area contributed by atoms with Gasteiger partial charge in [-0.2, -0.15) is 0 Å². The van der Waals surface area contributed by atoms with Gasteiger partial charge in [0.05, 0.1) is 10.7 Å². The van der Waals surface area contributed by atoms with Crippen LogP contribution in [0, 0.1) is 11.7 Å². The van der Waals surface area contributed by atoms with E-state index in [1.54, 1.807) is 0 Å². The Morgan fingerprint density at radius 3 is 2.83 bits per heavy atom. The first-order chi connectivity index (χ1) is 8.65. The molecule has 1 heterocycles. The summed E-state index contributed by atoms with van der Waals surface area (Å²) in [5, 5.41) is 6.22. The molecule has 1 fully saturated rings. The Morgan fingerprint density at radius 1 is 1.44 bits per heavy atom. The smallest absolute Gasteiger partial charge is 0.224 e. The summed E-state index contributed by atoms with van der Waals surface area (Å²) < 4.78 is 12.9. The molecule has 0 aromatic heterocycles. The molecule has 3 nitrogen and oxygen atoms in total. The van der Waals surface area contributed by atoms with Gasteiger partial charge in [0, 0.05) is 6.42 Å². The highest BCUT2D eigenvalue weighted by atomic mass is 35.5. The third-order valence-electron chi connectivity index (χ3n) is 3.14. The molecule has 98 valence electrons. The molecule has 5 heteroatoms. The van der Waals surface area contributed by atoms with E-state index in [1.165, 1.54) is 18.2 Å². The van der Waals surface area contributed by atoms with Gasteiger partial charge in [-0.05, 0) is 50.0 Å². The van der Waals surface area contributed by atoms with Gasteiger partial charge in [0.15, 0.2) is 0 Å². The Labute approximate surface area is 111 Å². The number of nitrogens with one attached hydrogen (secondary N) is 2. The molecule has 1 aliphatic heterocycles. The fraction of sp³-hybridized carbons (Fsp3) is 0.462. The highest BCUT2D eigenvalue weighted by Gasteiger charge is 2.17. The molecular formula is C13H16ClFN2O. The topological polar surface area (TPSA) is 41.1 Å². The number of carbonyl (C=O) groups is 1. The zero-order chi connectivity index (χ0) is 13.0. The molecule has 0 bridgehead atoms. The number of halogens is 2. The van der Waals surface area contributed by atoms with Crippen LogP contribution in [0.5, 0.6) is 0 Å². The first-order valence-corrected chi connectivity index (χ1v) is 6.48. The molecule has 0 aliphatic carbocycles. The molecule has 0 spiro atoms. The minimum atomic E-state index is -0.406. The molecule has 2 N–H and O–H groups in total. The molecule has 1 amide bonds. The Balaban J connectivity index is 1.90. The van der Waals surface area contributed by atoms with Crippen LogP contribution in [-0.4, -0.2) is 19.0 Å². The van der Waals surface area contributed by atoms with Crippen LogP contribution < -0.4 is 10.6 Å². The average molecular weight is 271 g/mol. The number of hydrogen-bond donors (Lipinski definition) is 2. The first-order valence-electron chi connectivity index (χ1n) is 6.11. The summed E-state index contributed by atoms with van der Waals surface area (Å²) in [6, 6.07) is 3.96. The maximum Gasteiger partial charge on any atom is 0.224 e. The van der Waals surface area contributed by atoms with E-state index < -0.39 is 5.82 Å². The Hall–Kier alpha value is -1.13. The van der Waals surface area contributed by atoms with Crippen LogP contribution in [-0.2, 0) is 4.79 Å². The fourth-order valence-corrected chi connectivity index (χ4v) is 2.35. The molecule has 18 heavy (non-hydrogen) atoms. The van der Waals surface area contributed by atoms with Gasteiger partial charge in [0.2, 0.25) is 5.91 Å². The molecule has 0 atom stereocenters. The minimum absolute atomic E-state index is 0.0598. The van der Waals surface area contributed by atoms with E-state index in [4.69, 9.17) is 11.6 Å². The molecule has 1 aliphatic rings. The van der Waals surface area contributed by atoms with Crippen molar-refractivity contribution >= 4 is 23.2 Å². The quantitative estimate of drug-likeness (QED) is 0.887. The number of anilines is 1. The standard InChI is InChI=1S/C13H16ClFN2O/c14-11-8-10(15)1-2-12(11)17-13(18)7-9-3-5-16-6-4-9/h1-2,8-9,16H,3-7H2,(H,17,18). The van der Waals surface area contributed by atoms with E-state index in [0.717, 1.165) is 25.9 Å². The number of piperidine rings is 1. The zero-order valence-electron chi connectivity index (χ0n) is 10.0. The maximum absolute atomic E-state index is 12.9. The summed E-state index contributed by atoms with van der Waals surface area (Å²) in [6.45, 7) is 1.94. The van der Waals surface area contributed by atoms with Gasteiger partial charge in [-0.1, -0.05) is 11.6 Å². The fourth-order valence-electron chi connectivity index (χ4n) is 2.14. The van der Waals surface area contributed by atoms with E-state index in [-0.39, 0.29) is 10.9 Å². The van der Waals surface area contributed by atoms with E-state index in [9.17, 15) is 9.18 Å². The van der Waals surface area contributed by atoms with Crippen molar-refractivity contribution in [1.29, 1.82) is 0 Å². The average Bonchev–Trinajstić information content (AvgIpc) is 2.34. The Morgan fingerprint density at radius 2 is 2.17 bits per heavy atom. The molecule has 0 unspecified atom stereocenters.